The monoisotopic (exact) mass is 355 g/mol. The Balaban J connectivity index is 1.57. The van der Waals surface area contributed by atoms with E-state index in [0.29, 0.717) is 38.9 Å². The summed E-state index contributed by atoms with van der Waals surface area (Å²) in [6, 6.07) is 5.78. The van der Waals surface area contributed by atoms with Gasteiger partial charge < -0.3 is 14.4 Å². The summed E-state index contributed by atoms with van der Waals surface area (Å²) in [6.45, 7) is 1.55. The average molecular weight is 355 g/mol. The van der Waals surface area contributed by atoms with Gasteiger partial charge in [-0.3, -0.25) is 14.6 Å². The van der Waals surface area contributed by atoms with Crippen molar-refractivity contribution in [1.29, 1.82) is 0 Å². The highest BCUT2D eigenvalue weighted by atomic mass is 16.2. The lowest BCUT2D eigenvalue weighted by atomic mass is 9.95. The number of rotatable bonds is 6. The van der Waals surface area contributed by atoms with Crippen LogP contribution in [0.4, 0.5) is 0 Å². The van der Waals surface area contributed by atoms with E-state index in [0.717, 1.165) is 11.5 Å². The van der Waals surface area contributed by atoms with Gasteiger partial charge in [-0.15, -0.1) is 0 Å². The molecule has 0 aliphatic carbocycles. The first-order chi connectivity index (χ1) is 12.5. The van der Waals surface area contributed by atoms with Crippen LogP contribution in [-0.2, 0) is 29.6 Å². The van der Waals surface area contributed by atoms with Crippen LogP contribution in [-0.4, -0.2) is 56.3 Å². The molecule has 2 aromatic heterocycles. The Morgan fingerprint density at radius 3 is 2.85 bits per heavy atom. The molecule has 0 aromatic carbocycles. The van der Waals surface area contributed by atoms with Gasteiger partial charge in [-0.2, -0.15) is 0 Å². The maximum absolute atomic E-state index is 12.8. The van der Waals surface area contributed by atoms with Crippen molar-refractivity contribution in [2.24, 2.45) is 13.0 Å². The molecule has 1 fully saturated rings. The van der Waals surface area contributed by atoms with Crippen LogP contribution in [0, 0.1) is 5.92 Å². The molecule has 0 spiro atoms. The number of hydrogen-bond donors (Lipinski definition) is 0. The predicted molar refractivity (Wildman–Crippen MR) is 96.9 cm³/mol. The molecule has 3 rings (SSSR count). The van der Waals surface area contributed by atoms with E-state index in [9.17, 15) is 9.59 Å². The van der Waals surface area contributed by atoms with E-state index in [1.165, 1.54) is 0 Å². The highest BCUT2D eigenvalue weighted by Gasteiger charge is 2.31. The number of carbonyl (C=O) groups is 2. The second-order valence-electron chi connectivity index (χ2n) is 6.80. The Bertz CT molecular complexity index is 758. The Hall–Kier alpha value is -2.70. The molecule has 7 heteroatoms. The molecule has 138 valence electrons. The first-order valence-electron chi connectivity index (χ1n) is 8.93. The van der Waals surface area contributed by atoms with Crippen molar-refractivity contribution in [1.82, 2.24) is 24.3 Å². The van der Waals surface area contributed by atoms with Crippen LogP contribution in [0.5, 0.6) is 0 Å². The number of piperidine rings is 1. The molecule has 2 amide bonds. The zero-order valence-electron chi connectivity index (χ0n) is 15.3. The fraction of sp³-hybridized carbons (Fsp3) is 0.474. The predicted octanol–water partition coefficient (Wildman–Crippen LogP) is 1.25. The number of aromatic nitrogens is 3. The Morgan fingerprint density at radius 2 is 2.15 bits per heavy atom. The Kier molecular flexibility index (Phi) is 5.65. The van der Waals surface area contributed by atoms with Gasteiger partial charge in [0.15, 0.2) is 0 Å². The van der Waals surface area contributed by atoms with Crippen molar-refractivity contribution in [3.63, 3.8) is 0 Å². The van der Waals surface area contributed by atoms with Crippen molar-refractivity contribution in [2.45, 2.75) is 25.8 Å². The summed E-state index contributed by atoms with van der Waals surface area (Å²) >= 11 is 0. The summed E-state index contributed by atoms with van der Waals surface area (Å²) in [6.07, 6.45) is 7.10. The minimum Gasteiger partial charge on any atom is -0.342 e. The van der Waals surface area contributed by atoms with Crippen molar-refractivity contribution in [2.75, 3.05) is 20.1 Å². The largest absolute Gasteiger partial charge is 0.342 e. The quantitative estimate of drug-likeness (QED) is 0.782. The third kappa shape index (κ3) is 4.28. The van der Waals surface area contributed by atoms with Crippen molar-refractivity contribution < 1.29 is 9.59 Å². The second kappa shape index (κ2) is 8.12. The Labute approximate surface area is 153 Å². The fourth-order valence-corrected chi connectivity index (χ4v) is 3.28. The zero-order valence-corrected chi connectivity index (χ0v) is 15.3. The fourth-order valence-electron chi connectivity index (χ4n) is 3.28. The van der Waals surface area contributed by atoms with Crippen LogP contribution in [0.25, 0.3) is 0 Å². The van der Waals surface area contributed by atoms with E-state index >= 15 is 0 Å². The van der Waals surface area contributed by atoms with Gasteiger partial charge in [0.1, 0.15) is 5.82 Å². The zero-order chi connectivity index (χ0) is 18.5. The van der Waals surface area contributed by atoms with Gasteiger partial charge >= 0.3 is 0 Å². The molecule has 0 unspecified atom stereocenters. The molecule has 0 saturated carbocycles. The Morgan fingerprint density at radius 1 is 1.31 bits per heavy atom. The first-order valence-corrected chi connectivity index (χ1v) is 8.93. The van der Waals surface area contributed by atoms with Crippen LogP contribution in [0.1, 0.15) is 24.4 Å². The molecule has 2 aromatic rings. The number of nitrogens with zero attached hydrogens (tertiary/aromatic N) is 5. The lowest BCUT2D eigenvalue weighted by Gasteiger charge is -2.33. The van der Waals surface area contributed by atoms with E-state index in [1.54, 1.807) is 29.2 Å². The maximum atomic E-state index is 12.8. The number of amides is 2. The molecule has 1 saturated heterocycles. The van der Waals surface area contributed by atoms with E-state index in [4.69, 9.17) is 0 Å². The normalized spacial score (nSPS) is 17.4. The molecular formula is C19H25N5O2. The van der Waals surface area contributed by atoms with E-state index in [-0.39, 0.29) is 17.7 Å². The molecule has 1 aliphatic heterocycles. The number of imidazole rings is 1. The van der Waals surface area contributed by atoms with Gasteiger partial charge in [-0.05, 0) is 18.6 Å². The van der Waals surface area contributed by atoms with Gasteiger partial charge in [0.2, 0.25) is 11.8 Å². The number of hydrogen-bond acceptors (Lipinski definition) is 4. The highest BCUT2D eigenvalue weighted by Crippen LogP contribution is 2.20. The van der Waals surface area contributed by atoms with Gasteiger partial charge in [-0.1, -0.05) is 6.07 Å². The van der Waals surface area contributed by atoms with E-state index < -0.39 is 0 Å². The topological polar surface area (TPSA) is 71.3 Å². The lowest BCUT2D eigenvalue weighted by molar-refractivity contribution is -0.142. The third-order valence-corrected chi connectivity index (χ3v) is 4.89. The highest BCUT2D eigenvalue weighted by molar-refractivity contribution is 5.83. The number of carbonyl (C=O) groups excluding carboxylic acids is 2. The van der Waals surface area contributed by atoms with E-state index in [1.807, 2.05) is 36.0 Å². The molecule has 1 aliphatic rings. The molecule has 1 atom stereocenters. The van der Waals surface area contributed by atoms with Crippen molar-refractivity contribution in [3.05, 3.63) is 48.3 Å². The van der Waals surface area contributed by atoms with Crippen molar-refractivity contribution >= 4 is 11.8 Å². The first kappa shape index (κ1) is 18.1. The van der Waals surface area contributed by atoms with E-state index in [2.05, 4.69) is 9.97 Å². The summed E-state index contributed by atoms with van der Waals surface area (Å²) in [5.41, 5.74) is 0.959. The van der Waals surface area contributed by atoms with Crippen LogP contribution < -0.4 is 0 Å². The number of pyridine rings is 1. The van der Waals surface area contributed by atoms with Gasteiger partial charge in [0.05, 0.1) is 12.5 Å². The summed E-state index contributed by atoms with van der Waals surface area (Å²) in [4.78, 5) is 37.1. The average Bonchev–Trinajstić information content (AvgIpc) is 3.06. The molecule has 0 radical (unpaired) electrons. The standard InChI is InChI=1S/C19H25N5O2/c1-22-12-10-21-17(22)14-23(2)19(26)15-6-7-18(25)24(13-15)11-8-16-5-3-4-9-20-16/h3-5,9-10,12,15H,6-8,11,13-14H2,1-2H3/t15-/m0/s1. The summed E-state index contributed by atoms with van der Waals surface area (Å²) in [5.74, 6) is 0.890. The molecule has 7 nitrogen and oxygen atoms in total. The third-order valence-electron chi connectivity index (χ3n) is 4.89. The molecule has 0 N–H and O–H groups in total. The van der Waals surface area contributed by atoms with Gasteiger partial charge in [-0.25, -0.2) is 4.98 Å². The molecule has 26 heavy (non-hydrogen) atoms. The number of aryl methyl sites for hydroxylation is 1. The van der Waals surface area contributed by atoms with Crippen LogP contribution >= 0.6 is 0 Å². The summed E-state index contributed by atoms with van der Waals surface area (Å²) in [7, 11) is 3.71. The van der Waals surface area contributed by atoms with Gasteiger partial charge in [0, 0.05) is 64.3 Å². The maximum Gasteiger partial charge on any atom is 0.227 e. The number of likely N-dealkylation sites (tertiary alicyclic amines) is 1. The molecule has 3 heterocycles. The summed E-state index contributed by atoms with van der Waals surface area (Å²) in [5, 5.41) is 0. The summed E-state index contributed by atoms with van der Waals surface area (Å²) < 4.78 is 1.91. The minimum absolute atomic E-state index is 0.0725. The van der Waals surface area contributed by atoms with Crippen LogP contribution in [0.2, 0.25) is 0 Å². The lowest BCUT2D eigenvalue weighted by Crippen LogP contribution is -2.46. The molecular weight excluding hydrogens is 330 g/mol. The van der Waals surface area contributed by atoms with Crippen LogP contribution in [0.3, 0.4) is 0 Å². The SMILES string of the molecule is CN(Cc1nccn1C)C(=O)[C@H]1CCC(=O)N(CCc2ccccn2)C1. The van der Waals surface area contributed by atoms with Crippen molar-refractivity contribution in [3.8, 4) is 0 Å². The smallest absolute Gasteiger partial charge is 0.227 e. The minimum atomic E-state index is -0.151. The second-order valence-corrected chi connectivity index (χ2v) is 6.80. The molecule has 0 bridgehead atoms. The van der Waals surface area contributed by atoms with Crippen LogP contribution in [0.15, 0.2) is 36.8 Å². The van der Waals surface area contributed by atoms with Gasteiger partial charge in [0.25, 0.3) is 0 Å².